The maximum Gasteiger partial charge on any atom is 0.420 e. The number of hydrogen-bond donors (Lipinski definition) is 1. The number of oxazole rings is 1. The average molecular weight is 413 g/mol. The zero-order valence-corrected chi connectivity index (χ0v) is 16.2. The molecule has 29 heavy (non-hydrogen) atoms. The van der Waals surface area contributed by atoms with Crippen LogP contribution >= 0.6 is 11.6 Å². The molecule has 0 radical (unpaired) electrons. The van der Waals surface area contributed by atoms with Gasteiger partial charge in [-0.3, -0.25) is 9.36 Å². The zero-order valence-electron chi connectivity index (χ0n) is 15.5. The number of benzene rings is 2. The molecule has 4 aromatic rings. The number of amides is 1. The predicted molar refractivity (Wildman–Crippen MR) is 106 cm³/mol. The quantitative estimate of drug-likeness (QED) is 0.521. The van der Waals surface area contributed by atoms with E-state index in [4.69, 9.17) is 20.5 Å². The summed E-state index contributed by atoms with van der Waals surface area (Å²) in [4.78, 5) is 28.5. The zero-order chi connectivity index (χ0) is 20.4. The number of rotatable bonds is 6. The summed E-state index contributed by atoms with van der Waals surface area (Å²) in [6, 6.07) is 14.7. The summed E-state index contributed by atoms with van der Waals surface area (Å²) < 4.78 is 11.5. The fourth-order valence-electron chi connectivity index (χ4n) is 2.96. The molecule has 0 aliphatic rings. The highest BCUT2D eigenvalue weighted by Gasteiger charge is 2.18. The van der Waals surface area contributed by atoms with Crippen LogP contribution in [-0.4, -0.2) is 27.2 Å². The molecule has 2 aromatic carbocycles. The van der Waals surface area contributed by atoms with Crippen molar-refractivity contribution in [2.24, 2.45) is 0 Å². The second-order valence-corrected chi connectivity index (χ2v) is 7.04. The molecule has 1 unspecified atom stereocenters. The summed E-state index contributed by atoms with van der Waals surface area (Å²) in [5.41, 5.74) is 2.02. The Morgan fingerprint density at radius 3 is 2.83 bits per heavy atom. The van der Waals surface area contributed by atoms with E-state index in [0.717, 1.165) is 5.56 Å². The van der Waals surface area contributed by atoms with Crippen LogP contribution in [0.5, 0.6) is 0 Å². The largest absolute Gasteiger partial charge is 0.420 e. The van der Waals surface area contributed by atoms with Gasteiger partial charge < -0.3 is 14.3 Å². The Bertz CT molecular complexity index is 1210. The molecular formula is C20H17ClN4O4. The van der Waals surface area contributed by atoms with Gasteiger partial charge in [-0.2, -0.15) is 4.98 Å². The predicted octanol–water partition coefficient (Wildman–Crippen LogP) is 3.21. The van der Waals surface area contributed by atoms with E-state index in [1.54, 1.807) is 18.2 Å². The van der Waals surface area contributed by atoms with E-state index in [9.17, 15) is 9.59 Å². The standard InChI is InChI=1S/C20H17ClN4O4/c1-12(13-5-3-2-4-6-13)10-22-18(26)19-23-17(24-29-19)11-25-15-9-14(21)7-8-16(15)28-20(25)27/h2-9,12H,10-11H2,1H3,(H,22,26). The van der Waals surface area contributed by atoms with Crippen molar-refractivity contribution in [3.63, 3.8) is 0 Å². The van der Waals surface area contributed by atoms with Gasteiger partial charge in [-0.15, -0.1) is 0 Å². The summed E-state index contributed by atoms with van der Waals surface area (Å²) in [7, 11) is 0. The van der Waals surface area contributed by atoms with Gasteiger partial charge in [0.1, 0.15) is 0 Å². The van der Waals surface area contributed by atoms with E-state index in [1.807, 2.05) is 37.3 Å². The van der Waals surface area contributed by atoms with Crippen molar-refractivity contribution < 1.29 is 13.7 Å². The number of nitrogens with one attached hydrogen (secondary N) is 1. The van der Waals surface area contributed by atoms with Crippen molar-refractivity contribution in [2.45, 2.75) is 19.4 Å². The maximum atomic E-state index is 12.3. The van der Waals surface area contributed by atoms with Crippen molar-refractivity contribution in [2.75, 3.05) is 6.54 Å². The molecule has 9 heteroatoms. The summed E-state index contributed by atoms with van der Waals surface area (Å²) in [5, 5.41) is 7.03. The Morgan fingerprint density at radius 1 is 1.24 bits per heavy atom. The summed E-state index contributed by atoms with van der Waals surface area (Å²) in [6.45, 7) is 2.42. The Morgan fingerprint density at radius 2 is 2.03 bits per heavy atom. The average Bonchev–Trinajstić information content (AvgIpc) is 3.32. The third-order valence-electron chi connectivity index (χ3n) is 4.53. The number of carbonyl (C=O) groups excluding carboxylic acids is 1. The molecule has 2 aromatic heterocycles. The smallest absolute Gasteiger partial charge is 0.408 e. The lowest BCUT2D eigenvalue weighted by atomic mass is 10.0. The van der Waals surface area contributed by atoms with Crippen LogP contribution in [0.3, 0.4) is 0 Å². The van der Waals surface area contributed by atoms with Gasteiger partial charge in [0, 0.05) is 11.6 Å². The van der Waals surface area contributed by atoms with Gasteiger partial charge in [0.2, 0.25) is 0 Å². The van der Waals surface area contributed by atoms with E-state index >= 15 is 0 Å². The van der Waals surface area contributed by atoms with E-state index in [0.29, 0.717) is 22.7 Å². The fraction of sp³-hybridized carbons (Fsp3) is 0.200. The molecule has 148 valence electrons. The van der Waals surface area contributed by atoms with Crippen LogP contribution in [0.25, 0.3) is 11.1 Å². The van der Waals surface area contributed by atoms with Crippen molar-refractivity contribution in [1.82, 2.24) is 20.0 Å². The molecule has 0 aliphatic carbocycles. The lowest BCUT2D eigenvalue weighted by Crippen LogP contribution is -2.27. The van der Waals surface area contributed by atoms with Crippen LogP contribution in [0.15, 0.2) is 62.3 Å². The molecule has 1 N–H and O–H groups in total. The van der Waals surface area contributed by atoms with Crippen LogP contribution in [0.2, 0.25) is 5.02 Å². The van der Waals surface area contributed by atoms with E-state index in [1.165, 1.54) is 4.57 Å². The van der Waals surface area contributed by atoms with E-state index < -0.39 is 11.7 Å². The van der Waals surface area contributed by atoms with E-state index in [-0.39, 0.29) is 24.2 Å². The Balaban J connectivity index is 1.45. The number of aromatic nitrogens is 3. The van der Waals surface area contributed by atoms with E-state index in [2.05, 4.69) is 15.5 Å². The lowest BCUT2D eigenvalue weighted by Gasteiger charge is -2.11. The van der Waals surface area contributed by atoms with Crippen LogP contribution in [-0.2, 0) is 6.54 Å². The summed E-state index contributed by atoms with van der Waals surface area (Å²) in [5.74, 6) is -0.910. The number of halogens is 1. The molecular weight excluding hydrogens is 396 g/mol. The van der Waals surface area contributed by atoms with Crippen molar-refractivity contribution >= 4 is 28.6 Å². The van der Waals surface area contributed by atoms with Crippen LogP contribution < -0.4 is 11.1 Å². The topological polar surface area (TPSA) is 103 Å². The number of fused-ring (bicyclic) bond motifs is 1. The first kappa shape index (κ1) is 18.9. The van der Waals surface area contributed by atoms with Gasteiger partial charge in [0.05, 0.1) is 12.1 Å². The highest BCUT2D eigenvalue weighted by atomic mass is 35.5. The normalized spacial score (nSPS) is 12.2. The molecule has 0 saturated carbocycles. The second kappa shape index (κ2) is 7.92. The third-order valence-corrected chi connectivity index (χ3v) is 4.76. The number of hydrogen-bond acceptors (Lipinski definition) is 6. The monoisotopic (exact) mass is 412 g/mol. The summed E-state index contributed by atoms with van der Waals surface area (Å²) >= 11 is 5.99. The van der Waals surface area contributed by atoms with Crippen LogP contribution in [0.4, 0.5) is 0 Å². The van der Waals surface area contributed by atoms with Gasteiger partial charge in [0.25, 0.3) is 0 Å². The Labute approximate surface area is 170 Å². The van der Waals surface area contributed by atoms with Crippen molar-refractivity contribution in [3.05, 3.63) is 81.4 Å². The minimum atomic E-state index is -0.574. The molecule has 0 bridgehead atoms. The Hall–Kier alpha value is -3.39. The number of nitrogens with zero attached hydrogens (tertiary/aromatic N) is 3. The highest BCUT2D eigenvalue weighted by molar-refractivity contribution is 6.31. The molecule has 0 spiro atoms. The first-order valence-corrected chi connectivity index (χ1v) is 9.33. The van der Waals surface area contributed by atoms with Gasteiger partial charge >= 0.3 is 17.6 Å². The first-order valence-electron chi connectivity index (χ1n) is 8.96. The molecule has 2 heterocycles. The van der Waals surface area contributed by atoms with Gasteiger partial charge in [-0.05, 0) is 29.7 Å². The van der Waals surface area contributed by atoms with Crippen molar-refractivity contribution in [1.29, 1.82) is 0 Å². The second-order valence-electron chi connectivity index (χ2n) is 6.60. The number of carbonyl (C=O) groups is 1. The molecule has 1 amide bonds. The molecule has 4 rings (SSSR count). The van der Waals surface area contributed by atoms with Crippen molar-refractivity contribution in [3.8, 4) is 0 Å². The fourth-order valence-corrected chi connectivity index (χ4v) is 3.12. The van der Waals surface area contributed by atoms with Crippen LogP contribution in [0.1, 0.15) is 34.9 Å². The molecule has 8 nitrogen and oxygen atoms in total. The van der Waals surface area contributed by atoms with Gasteiger partial charge in [-0.1, -0.05) is 54.0 Å². The minimum absolute atomic E-state index is 0.0105. The maximum absolute atomic E-state index is 12.3. The van der Waals surface area contributed by atoms with Gasteiger partial charge in [0.15, 0.2) is 11.4 Å². The SMILES string of the molecule is CC(CNC(=O)c1nc(Cn2c(=O)oc3ccc(Cl)cc32)no1)c1ccccc1. The minimum Gasteiger partial charge on any atom is -0.408 e. The molecule has 1 atom stereocenters. The van der Waals surface area contributed by atoms with Gasteiger partial charge in [-0.25, -0.2) is 4.79 Å². The first-order chi connectivity index (χ1) is 14.0. The molecule has 0 aliphatic heterocycles. The lowest BCUT2D eigenvalue weighted by molar-refractivity contribution is 0.0907. The molecule has 0 saturated heterocycles. The van der Waals surface area contributed by atoms with Crippen LogP contribution in [0, 0.1) is 0 Å². The molecule has 0 fully saturated rings. The summed E-state index contributed by atoms with van der Waals surface area (Å²) in [6.07, 6.45) is 0. The highest BCUT2D eigenvalue weighted by Crippen LogP contribution is 2.19. The third kappa shape index (κ3) is 4.07. The Kier molecular flexibility index (Phi) is 5.18.